The lowest BCUT2D eigenvalue weighted by atomic mass is 9.94. The average molecular weight is 383 g/mol. The van der Waals surface area contributed by atoms with Gasteiger partial charge in [-0.2, -0.15) is 0 Å². The zero-order chi connectivity index (χ0) is 19.3. The van der Waals surface area contributed by atoms with Crippen molar-refractivity contribution in [2.75, 3.05) is 33.4 Å². The summed E-state index contributed by atoms with van der Waals surface area (Å²) in [5, 5.41) is 12.4. The molecule has 1 fully saturated rings. The van der Waals surface area contributed by atoms with Crippen molar-refractivity contribution in [3.05, 3.63) is 47.5 Å². The minimum absolute atomic E-state index is 0.139. The van der Waals surface area contributed by atoms with Gasteiger partial charge in [-0.15, -0.1) is 10.2 Å². The van der Waals surface area contributed by atoms with E-state index in [-0.39, 0.29) is 11.9 Å². The molecule has 1 saturated heterocycles. The number of methoxy groups -OCH3 is 1. The van der Waals surface area contributed by atoms with E-state index in [4.69, 9.17) is 4.74 Å². The summed E-state index contributed by atoms with van der Waals surface area (Å²) in [5.41, 5.74) is 1.15. The van der Waals surface area contributed by atoms with Crippen molar-refractivity contribution in [3.8, 4) is 0 Å². The molecule has 150 valence electrons. The molecule has 0 saturated carbocycles. The van der Waals surface area contributed by atoms with Crippen LogP contribution in [-0.2, 0) is 28.9 Å². The van der Waals surface area contributed by atoms with Gasteiger partial charge in [0.15, 0.2) is 5.82 Å². The number of carbonyl (C=O) groups is 1. The van der Waals surface area contributed by atoms with Crippen LogP contribution in [0.25, 0.3) is 0 Å². The van der Waals surface area contributed by atoms with E-state index in [1.54, 1.807) is 7.11 Å². The van der Waals surface area contributed by atoms with E-state index in [1.807, 2.05) is 23.1 Å². The van der Waals surface area contributed by atoms with Crippen LogP contribution in [0.2, 0.25) is 0 Å². The van der Waals surface area contributed by atoms with Crippen LogP contribution in [0.15, 0.2) is 30.3 Å². The number of nitrogens with zero attached hydrogens (tertiary/aromatic N) is 4. The number of nitrogens with one attached hydrogen (secondary N) is 1. The molecular formula is C21H29N5O2. The quantitative estimate of drug-likeness (QED) is 0.786. The Bertz CT molecular complexity index is 785. The molecule has 28 heavy (non-hydrogen) atoms. The second-order valence-electron chi connectivity index (χ2n) is 7.76. The number of piperidine rings is 1. The molecule has 0 spiro atoms. The highest BCUT2D eigenvalue weighted by Gasteiger charge is 2.36. The Morgan fingerprint density at radius 3 is 2.68 bits per heavy atom. The second-order valence-corrected chi connectivity index (χ2v) is 7.76. The van der Waals surface area contributed by atoms with Crippen LogP contribution in [0.5, 0.6) is 0 Å². The Morgan fingerprint density at radius 1 is 1.14 bits per heavy atom. The smallest absolute Gasteiger partial charge is 0.246 e. The van der Waals surface area contributed by atoms with Crippen LogP contribution >= 0.6 is 0 Å². The fourth-order valence-electron chi connectivity index (χ4n) is 4.29. The molecular weight excluding hydrogens is 354 g/mol. The van der Waals surface area contributed by atoms with Crippen molar-refractivity contribution in [2.24, 2.45) is 5.92 Å². The monoisotopic (exact) mass is 383 g/mol. The van der Waals surface area contributed by atoms with Crippen molar-refractivity contribution in [3.63, 3.8) is 0 Å². The number of hydrogen-bond donors (Lipinski definition) is 1. The maximum atomic E-state index is 13.3. The number of fused-ring (bicyclic) bond motifs is 1. The standard InChI is InChI=1S/C21H29N5O2/c1-28-12-11-25-15-20-24-23-19(14-17-7-9-22-10-8-17)26(20)18(21(25)27)13-16-5-3-2-4-6-16/h2-6,17-18,22H,7-15H2,1H3/t18-/m1/s1. The van der Waals surface area contributed by atoms with Gasteiger partial charge in [-0.3, -0.25) is 4.79 Å². The molecule has 2 aliphatic rings. The number of aromatic nitrogens is 3. The molecule has 7 nitrogen and oxygen atoms in total. The minimum atomic E-state index is -0.283. The van der Waals surface area contributed by atoms with Gasteiger partial charge in [0, 0.05) is 26.5 Å². The Labute approximate surface area is 166 Å². The van der Waals surface area contributed by atoms with Gasteiger partial charge in [0.2, 0.25) is 5.91 Å². The lowest BCUT2D eigenvalue weighted by Crippen LogP contribution is -2.45. The summed E-state index contributed by atoms with van der Waals surface area (Å²) in [7, 11) is 1.66. The number of amides is 1. The maximum absolute atomic E-state index is 13.3. The van der Waals surface area contributed by atoms with E-state index in [1.165, 1.54) is 0 Å². The molecule has 4 rings (SSSR count). The van der Waals surface area contributed by atoms with Crippen LogP contribution in [0.4, 0.5) is 0 Å². The summed E-state index contributed by atoms with van der Waals surface area (Å²) >= 11 is 0. The summed E-state index contributed by atoms with van der Waals surface area (Å²) in [6, 6.07) is 9.93. The highest BCUT2D eigenvalue weighted by molar-refractivity contribution is 5.82. The Balaban J connectivity index is 1.62. The Kier molecular flexibility index (Phi) is 6.02. The van der Waals surface area contributed by atoms with Crippen LogP contribution in [0.1, 0.15) is 36.1 Å². The van der Waals surface area contributed by atoms with Gasteiger partial charge in [0.1, 0.15) is 11.9 Å². The fraction of sp³-hybridized carbons (Fsp3) is 0.571. The zero-order valence-electron chi connectivity index (χ0n) is 16.5. The van der Waals surface area contributed by atoms with E-state index in [2.05, 4.69) is 32.2 Å². The van der Waals surface area contributed by atoms with E-state index in [0.29, 0.717) is 32.0 Å². The predicted octanol–water partition coefficient (Wildman–Crippen LogP) is 1.59. The SMILES string of the molecule is COCCN1Cc2nnc(CC3CCNCC3)n2[C@H](Cc2ccccc2)C1=O. The first-order valence-electron chi connectivity index (χ1n) is 10.2. The third kappa shape index (κ3) is 4.10. The van der Waals surface area contributed by atoms with Crippen molar-refractivity contribution in [1.29, 1.82) is 0 Å². The molecule has 0 bridgehead atoms. The number of benzene rings is 1. The Hall–Kier alpha value is -2.25. The lowest BCUT2D eigenvalue weighted by molar-refractivity contribution is -0.138. The molecule has 2 aliphatic heterocycles. The van der Waals surface area contributed by atoms with E-state index < -0.39 is 0 Å². The largest absolute Gasteiger partial charge is 0.383 e. The van der Waals surface area contributed by atoms with E-state index in [9.17, 15) is 4.79 Å². The third-order valence-corrected chi connectivity index (χ3v) is 5.84. The van der Waals surface area contributed by atoms with Gasteiger partial charge in [0.05, 0.1) is 13.2 Å². The van der Waals surface area contributed by atoms with Crippen LogP contribution in [0.3, 0.4) is 0 Å². The van der Waals surface area contributed by atoms with Crippen LogP contribution < -0.4 is 5.32 Å². The topological polar surface area (TPSA) is 72.3 Å². The van der Waals surface area contributed by atoms with Crippen LogP contribution in [0, 0.1) is 5.92 Å². The molecule has 1 aromatic carbocycles. The first-order chi connectivity index (χ1) is 13.8. The molecule has 1 N–H and O–H groups in total. The minimum Gasteiger partial charge on any atom is -0.383 e. The average Bonchev–Trinajstić information content (AvgIpc) is 3.12. The number of hydrogen-bond acceptors (Lipinski definition) is 5. The summed E-state index contributed by atoms with van der Waals surface area (Å²) < 4.78 is 7.32. The molecule has 0 radical (unpaired) electrons. The molecule has 0 aliphatic carbocycles. The second kappa shape index (κ2) is 8.84. The summed E-state index contributed by atoms with van der Waals surface area (Å²) in [5.74, 6) is 2.59. The summed E-state index contributed by atoms with van der Waals surface area (Å²) in [6.07, 6.45) is 3.86. The fourth-order valence-corrected chi connectivity index (χ4v) is 4.29. The van der Waals surface area contributed by atoms with Crippen molar-refractivity contribution < 1.29 is 9.53 Å². The Morgan fingerprint density at radius 2 is 1.93 bits per heavy atom. The molecule has 7 heteroatoms. The highest BCUT2D eigenvalue weighted by Crippen LogP contribution is 2.28. The van der Waals surface area contributed by atoms with Gasteiger partial charge in [-0.25, -0.2) is 0 Å². The first kappa shape index (κ1) is 19.1. The van der Waals surface area contributed by atoms with Crippen LogP contribution in [-0.4, -0.2) is 58.9 Å². The first-order valence-corrected chi connectivity index (χ1v) is 10.2. The molecule has 1 atom stereocenters. The van der Waals surface area contributed by atoms with Crippen molar-refractivity contribution in [2.45, 2.75) is 38.3 Å². The van der Waals surface area contributed by atoms with Gasteiger partial charge >= 0.3 is 0 Å². The van der Waals surface area contributed by atoms with Crippen molar-refractivity contribution in [1.82, 2.24) is 25.0 Å². The third-order valence-electron chi connectivity index (χ3n) is 5.84. The van der Waals surface area contributed by atoms with Gasteiger partial charge < -0.3 is 19.5 Å². The normalized spacial score (nSPS) is 20.4. The zero-order valence-corrected chi connectivity index (χ0v) is 16.5. The van der Waals surface area contributed by atoms with E-state index in [0.717, 1.165) is 49.6 Å². The highest BCUT2D eigenvalue weighted by atomic mass is 16.5. The van der Waals surface area contributed by atoms with Gasteiger partial charge in [0.25, 0.3) is 0 Å². The predicted molar refractivity (Wildman–Crippen MR) is 106 cm³/mol. The van der Waals surface area contributed by atoms with Gasteiger partial charge in [-0.1, -0.05) is 30.3 Å². The summed E-state index contributed by atoms with van der Waals surface area (Å²) in [4.78, 5) is 15.2. The number of carbonyl (C=O) groups excluding carboxylic acids is 1. The summed E-state index contributed by atoms with van der Waals surface area (Å²) in [6.45, 7) is 3.73. The number of ether oxygens (including phenoxy) is 1. The molecule has 1 amide bonds. The van der Waals surface area contributed by atoms with E-state index >= 15 is 0 Å². The van der Waals surface area contributed by atoms with Crippen molar-refractivity contribution >= 4 is 5.91 Å². The lowest BCUT2D eigenvalue weighted by Gasteiger charge is -2.34. The maximum Gasteiger partial charge on any atom is 0.246 e. The molecule has 1 aromatic heterocycles. The molecule has 2 aromatic rings. The van der Waals surface area contributed by atoms with Gasteiger partial charge in [-0.05, 0) is 37.4 Å². The molecule has 0 unspecified atom stereocenters. The number of rotatable bonds is 7. The molecule has 3 heterocycles.